The van der Waals surface area contributed by atoms with Crippen LogP contribution in [0.3, 0.4) is 0 Å². The quantitative estimate of drug-likeness (QED) is 0.0285. The van der Waals surface area contributed by atoms with Crippen LogP contribution in [0, 0.1) is 6.92 Å². The molecule has 0 amide bonds. The molecule has 0 aliphatic carbocycles. The van der Waals surface area contributed by atoms with Gasteiger partial charge in [-0.25, -0.2) is 0 Å². The molecule has 1 heterocycles. The third kappa shape index (κ3) is 26.4. The summed E-state index contributed by atoms with van der Waals surface area (Å²) in [6, 6.07) is 5.88. The molecular weight excluding hydrogens is 707 g/mol. The van der Waals surface area contributed by atoms with Crippen molar-refractivity contribution in [3.05, 3.63) is 34.9 Å². The molecule has 1 aliphatic heterocycles. The van der Waals surface area contributed by atoms with Crippen molar-refractivity contribution < 1.29 is 38.1 Å². The number of nitrogens with zero attached hydrogens (tertiary/aromatic N) is 1. The van der Waals surface area contributed by atoms with E-state index in [1.165, 1.54) is 64.2 Å². The topological polar surface area (TPSA) is 101 Å². The number of hydrogen-bond donors (Lipinski definition) is 0. The first kappa shape index (κ1) is 49.7. The zero-order chi connectivity index (χ0) is 40.5. The number of ether oxygens (including phenoxy) is 5. The third-order valence-electron chi connectivity index (χ3n) is 10.6. The molecule has 322 valence electrons. The van der Waals surface area contributed by atoms with E-state index >= 15 is 0 Å². The number of hydrogen-bond acceptors (Lipinski definition) is 9. The molecule has 0 bridgehead atoms. The average Bonchev–Trinajstić information content (AvgIpc) is 3.71. The first-order valence-corrected chi connectivity index (χ1v) is 22.9. The molecule has 0 N–H and O–H groups in total. The highest BCUT2D eigenvalue weighted by molar-refractivity contribution is 5.71. The van der Waals surface area contributed by atoms with Gasteiger partial charge in [0.1, 0.15) is 19.3 Å². The van der Waals surface area contributed by atoms with Crippen LogP contribution >= 0.6 is 0 Å². The summed E-state index contributed by atoms with van der Waals surface area (Å²) in [5.74, 6) is -0.762. The smallest absolute Gasteiger partial charge is 0.306 e. The van der Waals surface area contributed by atoms with Gasteiger partial charge in [0, 0.05) is 32.5 Å². The number of likely N-dealkylation sites (tertiary alicyclic amines) is 1. The fourth-order valence-electron chi connectivity index (χ4n) is 7.27. The van der Waals surface area contributed by atoms with Crippen molar-refractivity contribution in [2.45, 2.75) is 214 Å². The Balaban J connectivity index is 1.77. The SMILES string of the molecule is CCCCCCCCOC(CCC(=O)OCc1cc(C)cc(COC(=O)CCC(CCCCCC)OC(=O)CCCN2CCCC2)c1)OCCCCCCCC. The maximum absolute atomic E-state index is 12.8. The number of esters is 3. The molecule has 56 heavy (non-hydrogen) atoms. The summed E-state index contributed by atoms with van der Waals surface area (Å²) in [7, 11) is 0. The van der Waals surface area contributed by atoms with Crippen LogP contribution in [0.2, 0.25) is 0 Å². The van der Waals surface area contributed by atoms with Gasteiger partial charge >= 0.3 is 17.9 Å². The van der Waals surface area contributed by atoms with Crippen molar-refractivity contribution >= 4 is 17.9 Å². The van der Waals surface area contributed by atoms with Crippen molar-refractivity contribution in [3.63, 3.8) is 0 Å². The monoisotopic (exact) mass is 788 g/mol. The summed E-state index contributed by atoms with van der Waals surface area (Å²) >= 11 is 0. The van der Waals surface area contributed by atoms with Crippen molar-refractivity contribution in [1.29, 1.82) is 0 Å². The fraction of sp³-hybridized carbons (Fsp3) is 0.809. The van der Waals surface area contributed by atoms with E-state index in [0.29, 0.717) is 32.5 Å². The lowest BCUT2D eigenvalue weighted by atomic mass is 10.1. The molecule has 0 saturated carbocycles. The summed E-state index contributed by atoms with van der Waals surface area (Å²) in [4.78, 5) is 40.7. The number of unbranched alkanes of at least 4 members (excludes halogenated alkanes) is 13. The van der Waals surface area contributed by atoms with Crippen molar-refractivity contribution in [3.8, 4) is 0 Å². The Bertz CT molecular complexity index is 1130. The van der Waals surface area contributed by atoms with Crippen molar-refractivity contribution in [2.75, 3.05) is 32.8 Å². The molecule has 9 nitrogen and oxygen atoms in total. The average molecular weight is 788 g/mol. The molecule has 1 atom stereocenters. The molecule has 1 aliphatic rings. The predicted molar refractivity (Wildman–Crippen MR) is 225 cm³/mol. The normalized spacial score (nSPS) is 13.7. The first-order valence-electron chi connectivity index (χ1n) is 22.9. The molecule has 1 fully saturated rings. The van der Waals surface area contributed by atoms with E-state index in [-0.39, 0.29) is 50.1 Å². The van der Waals surface area contributed by atoms with Crippen LogP contribution in [0.4, 0.5) is 0 Å². The van der Waals surface area contributed by atoms with Gasteiger partial charge in [-0.1, -0.05) is 122 Å². The van der Waals surface area contributed by atoms with Gasteiger partial charge in [-0.15, -0.1) is 0 Å². The second kappa shape index (κ2) is 33.5. The third-order valence-corrected chi connectivity index (χ3v) is 10.6. The van der Waals surface area contributed by atoms with E-state index in [0.717, 1.165) is 101 Å². The molecule has 1 aromatic rings. The molecule has 0 radical (unpaired) electrons. The van der Waals surface area contributed by atoms with E-state index in [4.69, 9.17) is 23.7 Å². The summed E-state index contributed by atoms with van der Waals surface area (Å²) in [6.45, 7) is 13.4. The van der Waals surface area contributed by atoms with Gasteiger partial charge in [0.2, 0.25) is 0 Å². The van der Waals surface area contributed by atoms with E-state index in [1.54, 1.807) is 0 Å². The standard InChI is InChI=1S/C47H81NO8/c1-5-8-11-14-16-21-33-52-47(53-34-22-17-15-12-9-6-2)29-28-45(50)55-39-42-36-40(4)35-41(37-42)38-54-44(49)27-26-43(24-18-13-10-7-3)56-46(51)25-23-32-48-30-19-20-31-48/h35-37,43,47H,5-34,38-39H2,1-4H3. The van der Waals surface area contributed by atoms with Crippen LogP contribution in [0.15, 0.2) is 18.2 Å². The van der Waals surface area contributed by atoms with Gasteiger partial charge in [-0.2, -0.15) is 0 Å². The molecule has 9 heteroatoms. The van der Waals surface area contributed by atoms with E-state index in [1.807, 2.05) is 25.1 Å². The molecule has 2 rings (SSSR count). The maximum Gasteiger partial charge on any atom is 0.306 e. The van der Waals surface area contributed by atoms with E-state index in [2.05, 4.69) is 25.7 Å². The second-order valence-corrected chi connectivity index (χ2v) is 16.0. The highest BCUT2D eigenvalue weighted by Crippen LogP contribution is 2.18. The van der Waals surface area contributed by atoms with Crippen LogP contribution in [0.5, 0.6) is 0 Å². The molecular formula is C47H81NO8. The van der Waals surface area contributed by atoms with Gasteiger partial charge < -0.3 is 28.6 Å². The van der Waals surface area contributed by atoms with Crippen LogP contribution in [-0.2, 0) is 51.3 Å². The lowest BCUT2D eigenvalue weighted by Crippen LogP contribution is -2.23. The van der Waals surface area contributed by atoms with Gasteiger partial charge in [0.05, 0.1) is 6.42 Å². The zero-order valence-corrected chi connectivity index (χ0v) is 36.2. The Morgan fingerprint density at radius 1 is 0.571 bits per heavy atom. The van der Waals surface area contributed by atoms with Gasteiger partial charge in [-0.3, -0.25) is 14.4 Å². The largest absolute Gasteiger partial charge is 0.462 e. The van der Waals surface area contributed by atoms with Crippen LogP contribution in [0.25, 0.3) is 0 Å². The Hall–Kier alpha value is -2.49. The van der Waals surface area contributed by atoms with Crippen LogP contribution < -0.4 is 0 Å². The zero-order valence-electron chi connectivity index (χ0n) is 36.2. The summed E-state index contributed by atoms with van der Waals surface area (Å²) in [5.41, 5.74) is 2.69. The molecule has 1 saturated heterocycles. The lowest BCUT2D eigenvalue weighted by molar-refractivity contribution is -0.160. The maximum atomic E-state index is 12.8. The van der Waals surface area contributed by atoms with Crippen molar-refractivity contribution in [2.24, 2.45) is 0 Å². The minimum atomic E-state index is -0.401. The summed E-state index contributed by atoms with van der Waals surface area (Å²) in [5, 5.41) is 0. The molecule has 0 aromatic heterocycles. The highest BCUT2D eigenvalue weighted by Gasteiger charge is 2.19. The minimum absolute atomic E-state index is 0.131. The molecule has 1 unspecified atom stereocenters. The number of aryl methyl sites for hydroxylation is 1. The number of carbonyl (C=O) groups excluding carboxylic acids is 3. The van der Waals surface area contributed by atoms with Crippen LogP contribution in [0.1, 0.15) is 198 Å². The minimum Gasteiger partial charge on any atom is -0.462 e. The first-order chi connectivity index (χ1) is 27.3. The summed E-state index contributed by atoms with van der Waals surface area (Å²) in [6.07, 6.45) is 23.9. The second-order valence-electron chi connectivity index (χ2n) is 16.0. The predicted octanol–water partition coefficient (Wildman–Crippen LogP) is 11.5. The van der Waals surface area contributed by atoms with Crippen molar-refractivity contribution in [1.82, 2.24) is 4.90 Å². The molecule has 0 spiro atoms. The number of carbonyl (C=O) groups is 3. The fourth-order valence-corrected chi connectivity index (χ4v) is 7.27. The van der Waals surface area contributed by atoms with Gasteiger partial charge in [0.15, 0.2) is 6.29 Å². The summed E-state index contributed by atoms with van der Waals surface area (Å²) < 4.78 is 29.4. The Labute approximate surface area is 341 Å². The Morgan fingerprint density at radius 3 is 1.62 bits per heavy atom. The van der Waals surface area contributed by atoms with E-state index < -0.39 is 6.29 Å². The number of benzene rings is 1. The van der Waals surface area contributed by atoms with Gasteiger partial charge in [0.25, 0.3) is 0 Å². The molecule has 1 aromatic carbocycles. The van der Waals surface area contributed by atoms with Crippen LogP contribution in [-0.4, -0.2) is 68.0 Å². The van der Waals surface area contributed by atoms with Gasteiger partial charge in [-0.05, 0) is 95.1 Å². The Kier molecular flexibility index (Phi) is 29.7. The number of rotatable bonds is 36. The Morgan fingerprint density at radius 2 is 1.07 bits per heavy atom. The van der Waals surface area contributed by atoms with E-state index in [9.17, 15) is 14.4 Å². The highest BCUT2D eigenvalue weighted by atomic mass is 16.7. The lowest BCUT2D eigenvalue weighted by Gasteiger charge is -2.19.